The van der Waals surface area contributed by atoms with Gasteiger partial charge in [0.1, 0.15) is 0 Å². The molecule has 0 aromatic rings. The number of carboxylic acids is 1. The fraction of sp³-hybridized carbons (Fsp3) is 0.750. The van der Waals surface area contributed by atoms with Crippen LogP contribution in [0.25, 0.3) is 0 Å². The highest BCUT2D eigenvalue weighted by atomic mass is 79.9. The van der Waals surface area contributed by atoms with E-state index in [0.717, 1.165) is 0 Å². The van der Waals surface area contributed by atoms with E-state index in [9.17, 15) is 4.79 Å². The minimum absolute atomic E-state index is 0.264. The van der Waals surface area contributed by atoms with Crippen molar-refractivity contribution in [1.29, 1.82) is 0 Å². The first kappa shape index (κ1) is 6.95. The monoisotopic (exact) mass is 166 g/mol. The van der Waals surface area contributed by atoms with E-state index >= 15 is 0 Å². The van der Waals surface area contributed by atoms with Crippen LogP contribution < -0.4 is 0 Å². The van der Waals surface area contributed by atoms with E-state index in [1.807, 2.05) is 0 Å². The van der Waals surface area contributed by atoms with Gasteiger partial charge in [-0.25, -0.2) is 0 Å². The SMILES string of the molecule is C[C@H](CBr)C(=O)O. The van der Waals surface area contributed by atoms with Gasteiger partial charge in [-0.05, 0) is 0 Å². The van der Waals surface area contributed by atoms with Gasteiger partial charge in [-0.15, -0.1) is 0 Å². The number of alkyl halides is 1. The molecule has 0 spiro atoms. The normalized spacial score (nSPS) is 13.4. The summed E-state index contributed by atoms with van der Waals surface area (Å²) in [5.74, 6) is -1.02. The highest BCUT2D eigenvalue weighted by Crippen LogP contribution is 1.97. The van der Waals surface area contributed by atoms with Crippen molar-refractivity contribution in [1.82, 2.24) is 0 Å². The molecule has 0 fully saturated rings. The zero-order valence-corrected chi connectivity index (χ0v) is 5.60. The molecule has 0 heterocycles. The van der Waals surface area contributed by atoms with Gasteiger partial charge in [0.15, 0.2) is 0 Å². The summed E-state index contributed by atoms with van der Waals surface area (Å²) in [6.45, 7) is 1.65. The second kappa shape index (κ2) is 3.02. The topological polar surface area (TPSA) is 37.3 Å². The van der Waals surface area contributed by atoms with Gasteiger partial charge in [0.25, 0.3) is 0 Å². The second-order valence-corrected chi connectivity index (χ2v) is 2.04. The minimum Gasteiger partial charge on any atom is -0.481 e. The average Bonchev–Trinajstić information content (AvgIpc) is 1.65. The summed E-state index contributed by atoms with van der Waals surface area (Å²) in [5.41, 5.74) is 0. The van der Waals surface area contributed by atoms with Gasteiger partial charge in [-0.1, -0.05) is 22.9 Å². The number of rotatable bonds is 2. The standard InChI is InChI=1S/C4H7BrO2/c1-3(2-5)4(6)7/h3H,2H2,1H3,(H,6,7)/t3-/m1/s1. The molecule has 1 N–H and O–H groups in total. The molecule has 0 amide bonds. The number of halogens is 1. The summed E-state index contributed by atoms with van der Waals surface area (Å²) in [4.78, 5) is 9.90. The molecule has 0 bridgehead atoms. The molecule has 2 nitrogen and oxygen atoms in total. The van der Waals surface area contributed by atoms with Crippen LogP contribution in [0.3, 0.4) is 0 Å². The maximum Gasteiger partial charge on any atom is 0.307 e. The third-order valence-corrected chi connectivity index (χ3v) is 1.62. The smallest absolute Gasteiger partial charge is 0.307 e. The lowest BCUT2D eigenvalue weighted by molar-refractivity contribution is -0.140. The molecule has 0 rings (SSSR count). The van der Waals surface area contributed by atoms with Crippen molar-refractivity contribution < 1.29 is 9.90 Å². The molecule has 0 aliphatic rings. The molecular weight excluding hydrogens is 160 g/mol. The number of hydrogen-bond donors (Lipinski definition) is 1. The first-order valence-corrected chi connectivity index (χ1v) is 3.09. The van der Waals surface area contributed by atoms with Gasteiger partial charge >= 0.3 is 5.97 Å². The van der Waals surface area contributed by atoms with Gasteiger partial charge in [-0.2, -0.15) is 0 Å². The van der Waals surface area contributed by atoms with E-state index in [4.69, 9.17) is 5.11 Å². The van der Waals surface area contributed by atoms with E-state index < -0.39 is 5.97 Å². The van der Waals surface area contributed by atoms with E-state index in [0.29, 0.717) is 5.33 Å². The molecule has 0 aliphatic carbocycles. The minimum atomic E-state index is -0.753. The highest BCUT2D eigenvalue weighted by Gasteiger charge is 2.06. The zero-order valence-electron chi connectivity index (χ0n) is 4.02. The van der Waals surface area contributed by atoms with Crippen molar-refractivity contribution >= 4 is 21.9 Å². The van der Waals surface area contributed by atoms with Crippen LogP contribution in [-0.2, 0) is 4.79 Å². The van der Waals surface area contributed by atoms with Gasteiger partial charge in [0.05, 0.1) is 5.92 Å². The molecular formula is C4H7BrO2. The summed E-state index contributed by atoms with van der Waals surface area (Å²) >= 11 is 3.03. The number of carbonyl (C=O) groups is 1. The first-order chi connectivity index (χ1) is 3.18. The third kappa shape index (κ3) is 2.62. The number of carboxylic acid groups (broad SMARTS) is 1. The summed E-state index contributed by atoms with van der Waals surface area (Å²) < 4.78 is 0. The fourth-order valence-electron chi connectivity index (χ4n) is 0.0660. The Bertz CT molecular complexity index is 72.1. The number of hydrogen-bond acceptors (Lipinski definition) is 1. The summed E-state index contributed by atoms with van der Waals surface area (Å²) in [6.07, 6.45) is 0. The van der Waals surface area contributed by atoms with Crippen LogP contribution in [0.15, 0.2) is 0 Å². The fourth-order valence-corrected chi connectivity index (χ4v) is 0.343. The molecule has 1 atom stereocenters. The lowest BCUT2D eigenvalue weighted by atomic mass is 10.2. The quantitative estimate of drug-likeness (QED) is 0.625. The summed E-state index contributed by atoms with van der Waals surface area (Å²) in [7, 11) is 0. The predicted molar refractivity (Wildman–Crippen MR) is 30.6 cm³/mol. The van der Waals surface area contributed by atoms with E-state index in [2.05, 4.69) is 15.9 Å². The summed E-state index contributed by atoms with van der Waals surface area (Å²) in [5, 5.41) is 8.68. The van der Waals surface area contributed by atoms with Gasteiger partial charge in [0, 0.05) is 5.33 Å². The highest BCUT2D eigenvalue weighted by molar-refractivity contribution is 9.09. The Labute approximate surface area is 50.7 Å². The Balaban J connectivity index is 3.34. The molecule has 3 heteroatoms. The van der Waals surface area contributed by atoms with Crippen LogP contribution in [0, 0.1) is 5.92 Å². The molecule has 0 aromatic carbocycles. The lowest BCUT2D eigenvalue weighted by Gasteiger charge is -1.95. The number of aliphatic carboxylic acids is 1. The van der Waals surface area contributed by atoms with Gasteiger partial charge in [0.2, 0.25) is 0 Å². The molecule has 0 aliphatic heterocycles. The van der Waals surface area contributed by atoms with Gasteiger partial charge < -0.3 is 5.11 Å². The molecule has 7 heavy (non-hydrogen) atoms. The van der Waals surface area contributed by atoms with Crippen molar-refractivity contribution in [3.8, 4) is 0 Å². The van der Waals surface area contributed by atoms with Crippen molar-refractivity contribution in [2.45, 2.75) is 6.92 Å². The molecule has 0 radical (unpaired) electrons. The Morgan fingerprint density at radius 2 is 2.43 bits per heavy atom. The Morgan fingerprint density at radius 1 is 2.00 bits per heavy atom. The van der Waals surface area contributed by atoms with Crippen LogP contribution in [0.4, 0.5) is 0 Å². The van der Waals surface area contributed by atoms with E-state index in [1.165, 1.54) is 0 Å². The van der Waals surface area contributed by atoms with Crippen molar-refractivity contribution in [2.24, 2.45) is 5.92 Å². The van der Waals surface area contributed by atoms with Crippen LogP contribution in [-0.4, -0.2) is 16.4 Å². The average molecular weight is 167 g/mol. The molecule has 0 saturated carbocycles. The Kier molecular flexibility index (Phi) is 3.00. The third-order valence-electron chi connectivity index (χ3n) is 0.653. The second-order valence-electron chi connectivity index (χ2n) is 1.39. The molecule has 0 saturated heterocycles. The largest absolute Gasteiger partial charge is 0.481 e. The predicted octanol–water partition coefficient (Wildman–Crippen LogP) is 1.10. The lowest BCUT2D eigenvalue weighted by Crippen LogP contribution is -2.09. The van der Waals surface area contributed by atoms with Crippen LogP contribution in [0.2, 0.25) is 0 Å². The van der Waals surface area contributed by atoms with Crippen LogP contribution in [0.5, 0.6) is 0 Å². The molecule has 0 aromatic heterocycles. The maximum absolute atomic E-state index is 9.90. The van der Waals surface area contributed by atoms with Crippen LogP contribution in [0.1, 0.15) is 6.92 Å². The maximum atomic E-state index is 9.90. The Hall–Kier alpha value is -0.0500. The first-order valence-electron chi connectivity index (χ1n) is 1.97. The Morgan fingerprint density at radius 3 is 2.43 bits per heavy atom. The van der Waals surface area contributed by atoms with Crippen molar-refractivity contribution in [2.75, 3.05) is 5.33 Å². The van der Waals surface area contributed by atoms with Gasteiger partial charge in [-0.3, -0.25) is 4.79 Å². The van der Waals surface area contributed by atoms with E-state index in [-0.39, 0.29) is 5.92 Å². The van der Waals surface area contributed by atoms with E-state index in [1.54, 1.807) is 6.92 Å². The zero-order chi connectivity index (χ0) is 5.86. The van der Waals surface area contributed by atoms with Crippen LogP contribution >= 0.6 is 15.9 Å². The summed E-state index contributed by atoms with van der Waals surface area (Å²) in [6, 6.07) is 0. The van der Waals surface area contributed by atoms with Crippen molar-refractivity contribution in [3.63, 3.8) is 0 Å². The van der Waals surface area contributed by atoms with Crippen molar-refractivity contribution in [3.05, 3.63) is 0 Å². The molecule has 42 valence electrons. The molecule has 0 unspecified atom stereocenters.